The number of carbonyl (C=O) groups excluding carboxylic acids is 2. The lowest BCUT2D eigenvalue weighted by Gasteiger charge is -2.25. The highest BCUT2D eigenvalue weighted by molar-refractivity contribution is 6.04. The van der Waals surface area contributed by atoms with Crippen molar-refractivity contribution in [1.29, 1.82) is 5.26 Å². The number of nitrogens with zero attached hydrogens (tertiary/aromatic N) is 2. The topological polar surface area (TPSA) is 73.2 Å². The van der Waals surface area contributed by atoms with E-state index in [1.54, 1.807) is 48.5 Å². The smallest absolute Gasteiger partial charge is 0.255 e. The van der Waals surface area contributed by atoms with Gasteiger partial charge in [-0.2, -0.15) is 5.26 Å². The van der Waals surface area contributed by atoms with E-state index in [4.69, 9.17) is 5.26 Å². The number of hydrogen-bond acceptors (Lipinski definition) is 3. The highest BCUT2D eigenvalue weighted by Gasteiger charge is 2.40. The van der Waals surface area contributed by atoms with Crippen LogP contribution in [-0.2, 0) is 17.9 Å². The monoisotopic (exact) mass is 417 g/mol. The molecular formula is C24H17F2N3O2. The highest BCUT2D eigenvalue weighted by atomic mass is 19.2. The molecule has 1 aliphatic heterocycles. The number of amides is 2. The van der Waals surface area contributed by atoms with Gasteiger partial charge in [0.05, 0.1) is 11.6 Å². The molecule has 1 unspecified atom stereocenters. The van der Waals surface area contributed by atoms with Crippen molar-refractivity contribution < 1.29 is 18.4 Å². The number of nitriles is 1. The van der Waals surface area contributed by atoms with Crippen LogP contribution < -0.4 is 5.32 Å². The van der Waals surface area contributed by atoms with Gasteiger partial charge >= 0.3 is 0 Å². The van der Waals surface area contributed by atoms with Crippen molar-refractivity contribution in [2.45, 2.75) is 19.1 Å². The molecule has 0 radical (unpaired) electrons. The van der Waals surface area contributed by atoms with Gasteiger partial charge < -0.3 is 10.2 Å². The molecule has 0 saturated carbocycles. The summed E-state index contributed by atoms with van der Waals surface area (Å²) < 4.78 is 26.9. The van der Waals surface area contributed by atoms with E-state index in [9.17, 15) is 18.4 Å². The predicted molar refractivity (Wildman–Crippen MR) is 108 cm³/mol. The summed E-state index contributed by atoms with van der Waals surface area (Å²) in [6.07, 6.45) is 0. The van der Waals surface area contributed by atoms with Crippen molar-refractivity contribution in [1.82, 2.24) is 10.2 Å². The first kappa shape index (κ1) is 20.2. The van der Waals surface area contributed by atoms with E-state index in [2.05, 4.69) is 5.32 Å². The molecule has 3 aromatic rings. The van der Waals surface area contributed by atoms with Crippen LogP contribution in [-0.4, -0.2) is 16.7 Å². The quantitative estimate of drug-likeness (QED) is 0.685. The third-order valence-corrected chi connectivity index (χ3v) is 5.17. The highest BCUT2D eigenvalue weighted by Crippen LogP contribution is 2.35. The standard InChI is InChI=1S/C24H17F2N3O2/c25-20-9-8-17(11-21(20)26)14-29-22(18-6-1-2-7-19(18)24(29)31)23(30)28-13-16-5-3-4-15(10-16)12-27/h1-11,22H,13-14H2,(H,28,30). The van der Waals surface area contributed by atoms with Crippen molar-refractivity contribution in [3.8, 4) is 6.07 Å². The van der Waals surface area contributed by atoms with E-state index in [1.165, 1.54) is 11.0 Å². The van der Waals surface area contributed by atoms with Crippen LogP contribution >= 0.6 is 0 Å². The summed E-state index contributed by atoms with van der Waals surface area (Å²) in [5.74, 6) is -2.75. The second-order valence-corrected chi connectivity index (χ2v) is 7.20. The molecule has 1 atom stereocenters. The summed E-state index contributed by atoms with van der Waals surface area (Å²) in [6.45, 7) is 0.132. The van der Waals surface area contributed by atoms with Gasteiger partial charge in [0.1, 0.15) is 6.04 Å². The minimum absolute atomic E-state index is 0.0489. The normalized spacial score (nSPS) is 14.8. The van der Waals surface area contributed by atoms with E-state index < -0.39 is 23.6 Å². The Labute approximate surface area is 177 Å². The Morgan fingerprint density at radius 3 is 2.58 bits per heavy atom. The maximum Gasteiger partial charge on any atom is 0.255 e. The van der Waals surface area contributed by atoms with Crippen LogP contribution in [0.5, 0.6) is 0 Å². The average molecular weight is 417 g/mol. The fourth-order valence-electron chi connectivity index (χ4n) is 3.69. The molecular weight excluding hydrogens is 400 g/mol. The fraction of sp³-hybridized carbons (Fsp3) is 0.125. The van der Waals surface area contributed by atoms with Crippen LogP contribution in [0.25, 0.3) is 0 Å². The number of benzene rings is 3. The van der Waals surface area contributed by atoms with Crippen LogP contribution in [0.3, 0.4) is 0 Å². The molecule has 0 bridgehead atoms. The van der Waals surface area contributed by atoms with Gasteiger partial charge in [0.15, 0.2) is 11.6 Å². The van der Waals surface area contributed by atoms with Crippen molar-refractivity contribution in [2.75, 3.05) is 0 Å². The van der Waals surface area contributed by atoms with E-state index in [1.807, 2.05) is 6.07 Å². The number of nitrogens with one attached hydrogen (secondary N) is 1. The molecule has 1 heterocycles. The summed E-state index contributed by atoms with van der Waals surface area (Å²) in [4.78, 5) is 27.4. The van der Waals surface area contributed by atoms with Crippen LogP contribution in [0, 0.1) is 23.0 Å². The Morgan fingerprint density at radius 1 is 1.00 bits per heavy atom. The summed E-state index contributed by atoms with van der Waals surface area (Å²) >= 11 is 0. The summed E-state index contributed by atoms with van der Waals surface area (Å²) in [5, 5.41) is 11.8. The first-order chi connectivity index (χ1) is 15.0. The number of halogens is 2. The minimum Gasteiger partial charge on any atom is -0.350 e. The maximum absolute atomic E-state index is 13.7. The van der Waals surface area contributed by atoms with Gasteiger partial charge in [0, 0.05) is 18.7 Å². The lowest BCUT2D eigenvalue weighted by Crippen LogP contribution is -2.38. The average Bonchev–Trinajstić information content (AvgIpc) is 3.06. The van der Waals surface area contributed by atoms with E-state index >= 15 is 0 Å². The van der Waals surface area contributed by atoms with E-state index in [0.717, 1.165) is 17.7 Å². The third-order valence-electron chi connectivity index (χ3n) is 5.17. The second kappa shape index (κ2) is 8.36. The van der Waals surface area contributed by atoms with Gasteiger partial charge in [-0.1, -0.05) is 36.4 Å². The summed E-state index contributed by atoms with van der Waals surface area (Å²) in [7, 11) is 0. The first-order valence-corrected chi connectivity index (χ1v) is 9.58. The molecule has 0 aliphatic carbocycles. The second-order valence-electron chi connectivity index (χ2n) is 7.20. The fourth-order valence-corrected chi connectivity index (χ4v) is 3.69. The lowest BCUT2D eigenvalue weighted by molar-refractivity contribution is -0.125. The van der Waals surface area contributed by atoms with Gasteiger partial charge in [0.25, 0.3) is 5.91 Å². The van der Waals surface area contributed by atoms with Crippen molar-refractivity contribution in [3.63, 3.8) is 0 Å². The Kier molecular flexibility index (Phi) is 5.46. The Balaban J connectivity index is 1.59. The molecule has 7 heteroatoms. The zero-order valence-electron chi connectivity index (χ0n) is 16.3. The molecule has 4 rings (SSSR count). The SMILES string of the molecule is N#Cc1cccc(CNC(=O)C2c3ccccc3C(=O)N2Cc2ccc(F)c(F)c2)c1. The molecule has 3 aromatic carbocycles. The predicted octanol–water partition coefficient (Wildman–Crippen LogP) is 3.85. The Morgan fingerprint density at radius 2 is 1.81 bits per heavy atom. The zero-order valence-corrected chi connectivity index (χ0v) is 16.3. The molecule has 5 nitrogen and oxygen atoms in total. The van der Waals surface area contributed by atoms with Gasteiger partial charge in [-0.25, -0.2) is 8.78 Å². The van der Waals surface area contributed by atoms with Gasteiger partial charge in [-0.3, -0.25) is 9.59 Å². The van der Waals surface area contributed by atoms with Crippen molar-refractivity contribution in [2.24, 2.45) is 0 Å². The molecule has 1 aliphatic rings. The van der Waals surface area contributed by atoms with Gasteiger partial charge in [0.2, 0.25) is 5.91 Å². The molecule has 1 N–H and O–H groups in total. The molecule has 0 fully saturated rings. The molecule has 0 spiro atoms. The minimum atomic E-state index is -1.01. The molecule has 2 amide bonds. The molecule has 154 valence electrons. The van der Waals surface area contributed by atoms with Crippen molar-refractivity contribution in [3.05, 3.63) is 106 Å². The first-order valence-electron chi connectivity index (χ1n) is 9.58. The number of hydrogen-bond donors (Lipinski definition) is 1. The summed E-state index contributed by atoms with van der Waals surface area (Å²) in [6, 6.07) is 18.2. The largest absolute Gasteiger partial charge is 0.350 e. The van der Waals surface area contributed by atoms with Gasteiger partial charge in [-0.05, 0) is 47.0 Å². The van der Waals surface area contributed by atoms with Crippen LogP contribution in [0.2, 0.25) is 0 Å². The molecule has 31 heavy (non-hydrogen) atoms. The van der Waals surface area contributed by atoms with Crippen LogP contribution in [0.4, 0.5) is 8.78 Å². The maximum atomic E-state index is 13.7. The summed E-state index contributed by atoms with van der Waals surface area (Å²) in [5.41, 5.74) is 2.56. The zero-order chi connectivity index (χ0) is 22.0. The number of rotatable bonds is 5. The molecule has 0 aromatic heterocycles. The Bertz CT molecular complexity index is 1220. The van der Waals surface area contributed by atoms with Crippen LogP contribution in [0.15, 0.2) is 66.7 Å². The number of fused-ring (bicyclic) bond motifs is 1. The van der Waals surface area contributed by atoms with E-state index in [-0.39, 0.29) is 19.0 Å². The van der Waals surface area contributed by atoms with E-state index in [0.29, 0.717) is 22.3 Å². The number of carbonyl (C=O) groups is 2. The Hall–Kier alpha value is -4.05. The van der Waals surface area contributed by atoms with Crippen LogP contribution in [0.1, 0.15) is 38.7 Å². The van der Waals surface area contributed by atoms with Gasteiger partial charge in [-0.15, -0.1) is 0 Å². The third kappa shape index (κ3) is 4.01. The lowest BCUT2D eigenvalue weighted by atomic mass is 10.0. The van der Waals surface area contributed by atoms with Crippen molar-refractivity contribution >= 4 is 11.8 Å². The molecule has 0 saturated heterocycles.